The second-order valence-corrected chi connectivity index (χ2v) is 4.36. The zero-order valence-corrected chi connectivity index (χ0v) is 8.71. The van der Waals surface area contributed by atoms with E-state index in [1.165, 1.54) is 18.4 Å². The summed E-state index contributed by atoms with van der Waals surface area (Å²) in [6, 6.07) is 7.69. The summed E-state index contributed by atoms with van der Waals surface area (Å²) in [7, 11) is 0. The lowest BCUT2D eigenvalue weighted by atomic mass is 10.1. The third-order valence-electron chi connectivity index (χ3n) is 3.05. The number of aryl methyl sites for hydroxylation is 1. The molecule has 0 amide bonds. The standard InChI is InChI=1S/C13H13NO/c1-8-7-12(15)11-4-2-3-10(9-5-6-9)13(11)14-8/h2-4,7,9H,5-6H2,1H3,(H,14,15). The van der Waals surface area contributed by atoms with Crippen LogP contribution in [0.2, 0.25) is 0 Å². The molecule has 2 nitrogen and oxygen atoms in total. The van der Waals surface area contributed by atoms with Crippen LogP contribution in [0.15, 0.2) is 29.1 Å². The van der Waals surface area contributed by atoms with Crippen molar-refractivity contribution < 1.29 is 0 Å². The van der Waals surface area contributed by atoms with Crippen molar-refractivity contribution in [2.24, 2.45) is 0 Å². The number of nitrogens with one attached hydrogen (secondary N) is 1. The Balaban J connectivity index is 2.42. The summed E-state index contributed by atoms with van der Waals surface area (Å²) in [5.74, 6) is 0.672. The van der Waals surface area contributed by atoms with Crippen molar-refractivity contribution in [3.05, 3.63) is 45.7 Å². The average Bonchev–Trinajstić information content (AvgIpc) is 3.00. The molecule has 76 valence electrons. The van der Waals surface area contributed by atoms with Crippen molar-refractivity contribution in [3.63, 3.8) is 0 Å². The zero-order valence-electron chi connectivity index (χ0n) is 8.71. The molecule has 1 N–H and O–H groups in total. The van der Waals surface area contributed by atoms with Crippen LogP contribution in [0.5, 0.6) is 0 Å². The molecule has 1 fully saturated rings. The predicted molar refractivity (Wildman–Crippen MR) is 61.3 cm³/mol. The number of H-pyrrole nitrogens is 1. The van der Waals surface area contributed by atoms with Crippen LogP contribution in [0.3, 0.4) is 0 Å². The molecule has 0 radical (unpaired) electrons. The van der Waals surface area contributed by atoms with Crippen molar-refractivity contribution >= 4 is 10.9 Å². The minimum Gasteiger partial charge on any atom is -0.358 e. The lowest BCUT2D eigenvalue weighted by Gasteiger charge is -2.05. The van der Waals surface area contributed by atoms with Gasteiger partial charge in [-0.15, -0.1) is 0 Å². The van der Waals surface area contributed by atoms with E-state index in [2.05, 4.69) is 11.1 Å². The van der Waals surface area contributed by atoms with Gasteiger partial charge in [-0.1, -0.05) is 12.1 Å². The van der Waals surface area contributed by atoms with Crippen LogP contribution in [-0.2, 0) is 0 Å². The Morgan fingerprint density at radius 3 is 2.87 bits per heavy atom. The molecule has 0 aliphatic heterocycles. The van der Waals surface area contributed by atoms with E-state index in [9.17, 15) is 4.79 Å². The molecule has 1 aromatic heterocycles. The number of hydrogen-bond acceptors (Lipinski definition) is 1. The summed E-state index contributed by atoms with van der Waals surface area (Å²) in [4.78, 5) is 15.1. The summed E-state index contributed by atoms with van der Waals surface area (Å²) in [6.07, 6.45) is 2.52. The maximum absolute atomic E-state index is 11.8. The second-order valence-electron chi connectivity index (χ2n) is 4.36. The number of rotatable bonds is 1. The first-order chi connectivity index (χ1) is 7.25. The Kier molecular flexibility index (Phi) is 1.72. The van der Waals surface area contributed by atoms with Crippen LogP contribution in [0.4, 0.5) is 0 Å². The van der Waals surface area contributed by atoms with E-state index in [1.54, 1.807) is 6.07 Å². The zero-order chi connectivity index (χ0) is 10.4. The van der Waals surface area contributed by atoms with Crippen LogP contribution in [0.1, 0.15) is 30.0 Å². The summed E-state index contributed by atoms with van der Waals surface area (Å²) in [6.45, 7) is 1.94. The van der Waals surface area contributed by atoms with Crippen LogP contribution < -0.4 is 5.43 Å². The highest BCUT2D eigenvalue weighted by atomic mass is 16.1. The molecule has 3 rings (SSSR count). The number of pyridine rings is 1. The first-order valence-corrected chi connectivity index (χ1v) is 5.38. The number of para-hydroxylation sites is 1. The first kappa shape index (κ1) is 8.72. The minimum atomic E-state index is 0.128. The maximum Gasteiger partial charge on any atom is 0.189 e. The molecule has 15 heavy (non-hydrogen) atoms. The molecule has 1 heterocycles. The second kappa shape index (κ2) is 2.96. The molecular formula is C13H13NO. The molecule has 0 atom stereocenters. The Bertz CT molecular complexity index is 579. The molecule has 0 unspecified atom stereocenters. The first-order valence-electron chi connectivity index (χ1n) is 5.38. The Hall–Kier alpha value is -1.57. The molecule has 1 saturated carbocycles. The highest BCUT2D eigenvalue weighted by molar-refractivity contribution is 5.82. The molecule has 0 saturated heterocycles. The van der Waals surface area contributed by atoms with Gasteiger partial charge in [-0.3, -0.25) is 4.79 Å². The van der Waals surface area contributed by atoms with Crippen molar-refractivity contribution in [3.8, 4) is 0 Å². The van der Waals surface area contributed by atoms with E-state index in [1.807, 2.05) is 19.1 Å². The quantitative estimate of drug-likeness (QED) is 0.752. The Morgan fingerprint density at radius 2 is 2.13 bits per heavy atom. The number of fused-ring (bicyclic) bond motifs is 1. The lowest BCUT2D eigenvalue weighted by molar-refractivity contribution is 1.12. The van der Waals surface area contributed by atoms with Crippen molar-refractivity contribution in [1.82, 2.24) is 4.98 Å². The average molecular weight is 199 g/mol. The molecule has 2 heteroatoms. The number of aromatic nitrogens is 1. The minimum absolute atomic E-state index is 0.128. The molecule has 1 aliphatic rings. The molecular weight excluding hydrogens is 186 g/mol. The summed E-state index contributed by atoms with van der Waals surface area (Å²) in [5.41, 5.74) is 3.43. The van der Waals surface area contributed by atoms with Crippen molar-refractivity contribution in [2.45, 2.75) is 25.7 Å². The van der Waals surface area contributed by atoms with E-state index in [4.69, 9.17) is 0 Å². The highest BCUT2D eigenvalue weighted by Crippen LogP contribution is 2.42. The lowest BCUT2D eigenvalue weighted by Crippen LogP contribution is -2.04. The van der Waals surface area contributed by atoms with Gasteiger partial charge in [0.15, 0.2) is 5.43 Å². The SMILES string of the molecule is Cc1cc(=O)c2cccc(C3CC3)c2[nH]1. The molecule has 1 aromatic carbocycles. The van der Waals surface area contributed by atoms with Crippen molar-refractivity contribution in [1.29, 1.82) is 0 Å². The fourth-order valence-electron chi connectivity index (χ4n) is 2.16. The van der Waals surface area contributed by atoms with Crippen molar-refractivity contribution in [2.75, 3.05) is 0 Å². The highest BCUT2D eigenvalue weighted by Gasteiger charge is 2.25. The number of benzene rings is 1. The number of hydrogen-bond donors (Lipinski definition) is 1. The van der Waals surface area contributed by atoms with Gasteiger partial charge < -0.3 is 4.98 Å². The fourth-order valence-corrected chi connectivity index (χ4v) is 2.16. The largest absolute Gasteiger partial charge is 0.358 e. The monoisotopic (exact) mass is 199 g/mol. The van der Waals surface area contributed by atoms with E-state index >= 15 is 0 Å². The van der Waals surface area contributed by atoms with Gasteiger partial charge in [-0.25, -0.2) is 0 Å². The van der Waals surface area contributed by atoms with Gasteiger partial charge in [-0.2, -0.15) is 0 Å². The van der Waals surface area contributed by atoms with E-state index in [0.717, 1.165) is 16.6 Å². The maximum atomic E-state index is 11.8. The van der Waals surface area contributed by atoms with E-state index in [-0.39, 0.29) is 5.43 Å². The van der Waals surface area contributed by atoms with Gasteiger partial charge in [0.2, 0.25) is 0 Å². The van der Waals surface area contributed by atoms with Crippen LogP contribution in [0.25, 0.3) is 10.9 Å². The topological polar surface area (TPSA) is 32.9 Å². The van der Waals surface area contributed by atoms with Crippen LogP contribution in [-0.4, -0.2) is 4.98 Å². The van der Waals surface area contributed by atoms with Gasteiger partial charge in [0.1, 0.15) is 0 Å². The molecule has 2 aromatic rings. The Morgan fingerprint density at radius 1 is 1.33 bits per heavy atom. The predicted octanol–water partition coefficient (Wildman–Crippen LogP) is 2.71. The van der Waals surface area contributed by atoms with Gasteiger partial charge >= 0.3 is 0 Å². The van der Waals surface area contributed by atoms with Gasteiger partial charge in [-0.05, 0) is 37.3 Å². The number of aromatic amines is 1. The summed E-state index contributed by atoms with van der Waals surface area (Å²) in [5, 5.41) is 0.824. The van der Waals surface area contributed by atoms with E-state index in [0.29, 0.717) is 5.92 Å². The van der Waals surface area contributed by atoms with Gasteiger partial charge in [0.25, 0.3) is 0 Å². The normalized spacial score (nSPS) is 15.8. The summed E-state index contributed by atoms with van der Waals surface area (Å²) < 4.78 is 0. The molecule has 1 aliphatic carbocycles. The summed E-state index contributed by atoms with van der Waals surface area (Å²) >= 11 is 0. The third kappa shape index (κ3) is 1.37. The molecule has 0 spiro atoms. The smallest absolute Gasteiger partial charge is 0.189 e. The van der Waals surface area contributed by atoms with E-state index < -0.39 is 0 Å². The van der Waals surface area contributed by atoms with Crippen LogP contribution in [0, 0.1) is 6.92 Å². The fraction of sp³-hybridized carbons (Fsp3) is 0.308. The Labute approximate surface area is 87.9 Å². The third-order valence-corrected chi connectivity index (χ3v) is 3.05. The van der Waals surface area contributed by atoms with Gasteiger partial charge in [0, 0.05) is 17.1 Å². The van der Waals surface area contributed by atoms with Crippen LogP contribution >= 0.6 is 0 Å². The van der Waals surface area contributed by atoms with Gasteiger partial charge in [0.05, 0.1) is 5.52 Å². The molecule has 0 bridgehead atoms.